The van der Waals surface area contributed by atoms with Crippen LogP contribution in [-0.4, -0.2) is 25.0 Å². The molecule has 3 aromatic rings. The Labute approximate surface area is 114 Å². The quantitative estimate of drug-likeness (QED) is 0.734. The van der Waals surface area contributed by atoms with Crippen molar-refractivity contribution in [3.63, 3.8) is 0 Å². The number of nitrogens with zero attached hydrogens (tertiary/aromatic N) is 5. The van der Waals surface area contributed by atoms with Gasteiger partial charge < -0.3 is 4.42 Å². The minimum absolute atomic E-state index is 0.382. The van der Waals surface area contributed by atoms with E-state index < -0.39 is 0 Å². The average Bonchev–Trinajstić information content (AvgIpc) is 2.99. The standard InChI is InChI=1S/C12H10ClN5O/c1-8-9(13)6-18(17-8)7-11-15-16-12(19-11)10-4-2-3-5-14-10/h2-6H,7H2,1H3. The minimum atomic E-state index is 0.382. The summed E-state index contributed by atoms with van der Waals surface area (Å²) in [5.41, 5.74) is 1.42. The zero-order valence-electron chi connectivity index (χ0n) is 10.1. The highest BCUT2D eigenvalue weighted by atomic mass is 35.5. The summed E-state index contributed by atoms with van der Waals surface area (Å²) >= 11 is 5.94. The van der Waals surface area contributed by atoms with Gasteiger partial charge in [0.2, 0.25) is 5.89 Å². The number of hydrogen-bond donors (Lipinski definition) is 0. The summed E-state index contributed by atoms with van der Waals surface area (Å²) in [5.74, 6) is 0.852. The van der Waals surface area contributed by atoms with E-state index in [1.54, 1.807) is 17.1 Å². The van der Waals surface area contributed by atoms with Crippen LogP contribution in [0.2, 0.25) is 5.02 Å². The zero-order valence-corrected chi connectivity index (χ0v) is 10.9. The Morgan fingerprint density at radius 3 is 2.89 bits per heavy atom. The Hall–Kier alpha value is -2.21. The van der Waals surface area contributed by atoms with E-state index in [0.29, 0.717) is 29.0 Å². The lowest BCUT2D eigenvalue weighted by Gasteiger charge is -1.95. The first kappa shape index (κ1) is 11.9. The molecule has 0 saturated heterocycles. The van der Waals surface area contributed by atoms with Gasteiger partial charge in [-0.2, -0.15) is 5.10 Å². The molecule has 6 nitrogen and oxygen atoms in total. The normalized spacial score (nSPS) is 10.8. The molecule has 0 fully saturated rings. The van der Waals surface area contributed by atoms with Gasteiger partial charge in [0, 0.05) is 12.4 Å². The van der Waals surface area contributed by atoms with E-state index in [1.165, 1.54) is 0 Å². The zero-order chi connectivity index (χ0) is 13.2. The third kappa shape index (κ3) is 2.48. The molecule has 7 heteroatoms. The van der Waals surface area contributed by atoms with Crippen LogP contribution in [0.4, 0.5) is 0 Å². The van der Waals surface area contributed by atoms with E-state index in [-0.39, 0.29) is 0 Å². The first-order chi connectivity index (χ1) is 9.22. The van der Waals surface area contributed by atoms with Crippen LogP contribution in [0.15, 0.2) is 35.0 Å². The third-order valence-electron chi connectivity index (χ3n) is 2.53. The number of rotatable bonds is 3. The lowest BCUT2D eigenvalue weighted by Crippen LogP contribution is -2.00. The number of pyridine rings is 1. The first-order valence-corrected chi connectivity index (χ1v) is 6.03. The van der Waals surface area contributed by atoms with Crippen molar-refractivity contribution in [1.29, 1.82) is 0 Å². The van der Waals surface area contributed by atoms with Crippen LogP contribution >= 0.6 is 11.6 Å². The molecular weight excluding hydrogens is 266 g/mol. The summed E-state index contributed by atoms with van der Waals surface area (Å²) < 4.78 is 7.19. The third-order valence-corrected chi connectivity index (χ3v) is 2.91. The van der Waals surface area contributed by atoms with Crippen molar-refractivity contribution in [2.75, 3.05) is 0 Å². The van der Waals surface area contributed by atoms with Crippen LogP contribution in [0.3, 0.4) is 0 Å². The van der Waals surface area contributed by atoms with Gasteiger partial charge in [0.15, 0.2) is 0 Å². The van der Waals surface area contributed by atoms with E-state index in [4.69, 9.17) is 16.0 Å². The lowest BCUT2D eigenvalue weighted by atomic mass is 10.3. The highest BCUT2D eigenvalue weighted by molar-refractivity contribution is 6.31. The molecule has 0 saturated carbocycles. The van der Waals surface area contributed by atoms with Gasteiger partial charge in [-0.25, -0.2) is 0 Å². The fourth-order valence-electron chi connectivity index (χ4n) is 1.62. The van der Waals surface area contributed by atoms with E-state index in [9.17, 15) is 0 Å². The highest BCUT2D eigenvalue weighted by Crippen LogP contribution is 2.16. The van der Waals surface area contributed by atoms with Crippen LogP contribution in [-0.2, 0) is 6.54 Å². The Morgan fingerprint density at radius 2 is 2.21 bits per heavy atom. The van der Waals surface area contributed by atoms with Crippen LogP contribution in [0.5, 0.6) is 0 Å². The Balaban J connectivity index is 1.82. The maximum absolute atomic E-state index is 5.94. The second-order valence-electron chi connectivity index (χ2n) is 3.98. The van der Waals surface area contributed by atoms with Crippen LogP contribution in [0.1, 0.15) is 11.6 Å². The lowest BCUT2D eigenvalue weighted by molar-refractivity contribution is 0.472. The molecule has 0 unspecified atom stereocenters. The SMILES string of the molecule is Cc1nn(Cc2nnc(-c3ccccn3)o2)cc1Cl. The van der Waals surface area contributed by atoms with Gasteiger partial charge in [-0.15, -0.1) is 10.2 Å². The summed E-state index contributed by atoms with van der Waals surface area (Å²) in [6.07, 6.45) is 3.40. The molecule has 0 N–H and O–H groups in total. The second-order valence-corrected chi connectivity index (χ2v) is 4.38. The van der Waals surface area contributed by atoms with Gasteiger partial charge in [-0.3, -0.25) is 9.67 Å². The van der Waals surface area contributed by atoms with Gasteiger partial charge in [-0.1, -0.05) is 17.7 Å². The van der Waals surface area contributed by atoms with Crippen LogP contribution in [0.25, 0.3) is 11.6 Å². The molecule has 0 spiro atoms. The molecule has 96 valence electrons. The summed E-state index contributed by atoms with van der Waals surface area (Å²) in [7, 11) is 0. The van der Waals surface area contributed by atoms with Crippen LogP contribution < -0.4 is 0 Å². The first-order valence-electron chi connectivity index (χ1n) is 5.66. The molecular formula is C12H10ClN5O. The minimum Gasteiger partial charge on any atom is -0.417 e. The smallest absolute Gasteiger partial charge is 0.266 e. The number of halogens is 1. The van der Waals surface area contributed by atoms with Gasteiger partial charge in [0.25, 0.3) is 5.89 Å². The van der Waals surface area contributed by atoms with Crippen molar-refractivity contribution in [2.24, 2.45) is 0 Å². The van der Waals surface area contributed by atoms with E-state index in [1.807, 2.05) is 25.1 Å². The molecule has 0 radical (unpaired) electrons. The molecule has 0 aliphatic heterocycles. The summed E-state index contributed by atoms with van der Waals surface area (Å²) in [6.45, 7) is 2.22. The highest BCUT2D eigenvalue weighted by Gasteiger charge is 2.11. The van der Waals surface area contributed by atoms with Gasteiger partial charge in [0.05, 0.1) is 10.7 Å². The molecule has 0 amide bonds. The second kappa shape index (κ2) is 4.81. The molecule has 0 atom stereocenters. The molecule has 19 heavy (non-hydrogen) atoms. The van der Waals surface area contributed by atoms with Gasteiger partial charge in [-0.05, 0) is 19.1 Å². The van der Waals surface area contributed by atoms with Crippen molar-refractivity contribution < 1.29 is 4.42 Å². The fourth-order valence-corrected chi connectivity index (χ4v) is 1.77. The fraction of sp³-hybridized carbons (Fsp3) is 0.167. The van der Waals surface area contributed by atoms with E-state index in [0.717, 1.165) is 5.69 Å². The van der Waals surface area contributed by atoms with Crippen molar-refractivity contribution in [3.05, 3.63) is 47.2 Å². The predicted octanol–water partition coefficient (Wildman–Crippen LogP) is 2.34. The molecule has 0 aliphatic carbocycles. The van der Waals surface area contributed by atoms with Crippen molar-refractivity contribution >= 4 is 11.6 Å². The number of hydrogen-bond acceptors (Lipinski definition) is 5. The Kier molecular flexibility index (Phi) is 3.00. The van der Waals surface area contributed by atoms with Gasteiger partial charge in [0.1, 0.15) is 12.2 Å². The monoisotopic (exact) mass is 275 g/mol. The largest absolute Gasteiger partial charge is 0.417 e. The summed E-state index contributed by atoms with van der Waals surface area (Å²) in [6, 6.07) is 5.50. The molecule has 3 heterocycles. The van der Waals surface area contributed by atoms with E-state index >= 15 is 0 Å². The molecule has 0 aromatic carbocycles. The summed E-state index contributed by atoms with van der Waals surface area (Å²) in [5, 5.41) is 12.8. The maximum Gasteiger partial charge on any atom is 0.266 e. The Bertz CT molecular complexity index is 672. The van der Waals surface area contributed by atoms with Crippen molar-refractivity contribution in [1.82, 2.24) is 25.0 Å². The van der Waals surface area contributed by atoms with Crippen LogP contribution in [0, 0.1) is 6.92 Å². The number of aryl methyl sites for hydroxylation is 1. The average molecular weight is 276 g/mol. The molecule has 3 rings (SSSR count). The number of aromatic nitrogens is 5. The van der Waals surface area contributed by atoms with Crippen molar-refractivity contribution in [2.45, 2.75) is 13.5 Å². The predicted molar refractivity (Wildman–Crippen MR) is 68.6 cm³/mol. The molecule has 3 aromatic heterocycles. The molecule has 0 aliphatic rings. The van der Waals surface area contributed by atoms with Crippen molar-refractivity contribution in [3.8, 4) is 11.6 Å². The Morgan fingerprint density at radius 1 is 1.32 bits per heavy atom. The van der Waals surface area contributed by atoms with E-state index in [2.05, 4.69) is 20.3 Å². The topological polar surface area (TPSA) is 69.6 Å². The summed E-state index contributed by atoms with van der Waals surface area (Å²) in [4.78, 5) is 4.15. The molecule has 0 bridgehead atoms. The maximum atomic E-state index is 5.94. The van der Waals surface area contributed by atoms with Gasteiger partial charge >= 0.3 is 0 Å².